The Morgan fingerprint density at radius 2 is 2.00 bits per heavy atom. The molecule has 1 N–H and O–H groups in total. The summed E-state index contributed by atoms with van der Waals surface area (Å²) in [5, 5.41) is 0.914. The van der Waals surface area contributed by atoms with Crippen molar-refractivity contribution in [1.29, 1.82) is 0 Å². The molecule has 1 aromatic carbocycles. The molecule has 1 aromatic rings. The van der Waals surface area contributed by atoms with Gasteiger partial charge in [-0.2, -0.15) is 0 Å². The van der Waals surface area contributed by atoms with Crippen molar-refractivity contribution in [3.05, 3.63) is 33.8 Å². The largest absolute Gasteiger partial charge is 0.272 e. The lowest BCUT2D eigenvalue weighted by molar-refractivity contribution is -0.125. The standard InChI is InChI=1S/C11H11Cl2NO2/c1-11(2)9(10(15)14-16-11)6-3-4-7(12)8(13)5-6/h3-5,9H,1-2H3,(H,14,15). The molecule has 2 rings (SSSR count). The summed E-state index contributed by atoms with van der Waals surface area (Å²) in [5.74, 6) is -0.536. The number of carbonyl (C=O) groups is 1. The lowest BCUT2D eigenvalue weighted by Gasteiger charge is -2.22. The van der Waals surface area contributed by atoms with Crippen molar-refractivity contribution in [3.8, 4) is 0 Å². The molecule has 16 heavy (non-hydrogen) atoms. The van der Waals surface area contributed by atoms with Crippen LogP contribution in [-0.4, -0.2) is 11.5 Å². The van der Waals surface area contributed by atoms with E-state index in [9.17, 15) is 4.79 Å². The van der Waals surface area contributed by atoms with Gasteiger partial charge >= 0.3 is 0 Å². The monoisotopic (exact) mass is 259 g/mol. The van der Waals surface area contributed by atoms with E-state index in [0.29, 0.717) is 10.0 Å². The summed E-state index contributed by atoms with van der Waals surface area (Å²) in [7, 11) is 0. The number of carbonyl (C=O) groups excluding carboxylic acids is 1. The van der Waals surface area contributed by atoms with Gasteiger partial charge in [0.15, 0.2) is 0 Å². The molecule has 3 nitrogen and oxygen atoms in total. The highest BCUT2D eigenvalue weighted by Crippen LogP contribution is 2.37. The van der Waals surface area contributed by atoms with Gasteiger partial charge in [0.1, 0.15) is 5.60 Å². The van der Waals surface area contributed by atoms with Crippen molar-refractivity contribution in [2.45, 2.75) is 25.4 Å². The first-order valence-corrected chi connectivity index (χ1v) is 5.60. The molecule has 0 bridgehead atoms. The number of halogens is 2. The van der Waals surface area contributed by atoms with Crippen LogP contribution in [0.1, 0.15) is 25.3 Å². The average molecular weight is 260 g/mol. The Bertz CT molecular complexity index is 446. The lowest BCUT2D eigenvalue weighted by Crippen LogP contribution is -2.28. The van der Waals surface area contributed by atoms with E-state index in [1.807, 2.05) is 13.8 Å². The molecule has 1 saturated heterocycles. The summed E-state index contributed by atoms with van der Waals surface area (Å²) in [6.07, 6.45) is 0. The molecule has 5 heteroatoms. The molecule has 1 aliphatic heterocycles. The number of hydrogen-bond donors (Lipinski definition) is 1. The summed E-state index contributed by atoms with van der Waals surface area (Å²) >= 11 is 11.8. The number of hydroxylamine groups is 1. The quantitative estimate of drug-likeness (QED) is 0.843. The van der Waals surface area contributed by atoms with Crippen LogP contribution in [0.2, 0.25) is 10.0 Å². The van der Waals surface area contributed by atoms with Crippen LogP contribution < -0.4 is 5.48 Å². The lowest BCUT2D eigenvalue weighted by atomic mass is 9.85. The molecule has 1 heterocycles. The molecule has 1 fully saturated rings. The summed E-state index contributed by atoms with van der Waals surface area (Å²) in [6.45, 7) is 3.69. The summed E-state index contributed by atoms with van der Waals surface area (Å²) in [4.78, 5) is 16.9. The zero-order chi connectivity index (χ0) is 11.9. The minimum absolute atomic E-state index is 0.164. The van der Waals surface area contributed by atoms with Gasteiger partial charge in [0.05, 0.1) is 16.0 Å². The Kier molecular flexibility index (Phi) is 2.86. The van der Waals surface area contributed by atoms with E-state index in [4.69, 9.17) is 28.0 Å². The third-order valence-corrected chi connectivity index (χ3v) is 3.39. The molecule has 0 aliphatic carbocycles. The van der Waals surface area contributed by atoms with Gasteiger partial charge in [-0.05, 0) is 31.5 Å². The maximum absolute atomic E-state index is 11.7. The van der Waals surface area contributed by atoms with Gasteiger partial charge < -0.3 is 0 Å². The van der Waals surface area contributed by atoms with Crippen LogP contribution in [-0.2, 0) is 9.63 Å². The predicted octanol–water partition coefficient (Wildman–Crippen LogP) is 2.92. The van der Waals surface area contributed by atoms with Gasteiger partial charge in [-0.1, -0.05) is 29.3 Å². The second kappa shape index (κ2) is 3.91. The van der Waals surface area contributed by atoms with E-state index in [2.05, 4.69) is 5.48 Å². The second-order valence-corrected chi connectivity index (χ2v) is 5.09. The van der Waals surface area contributed by atoms with E-state index in [0.717, 1.165) is 5.56 Å². The summed E-state index contributed by atoms with van der Waals surface area (Å²) in [6, 6.07) is 5.17. The van der Waals surface area contributed by atoms with Crippen LogP contribution in [0.25, 0.3) is 0 Å². The first-order chi connectivity index (χ1) is 7.42. The highest BCUT2D eigenvalue weighted by atomic mass is 35.5. The molecule has 1 atom stereocenters. The van der Waals surface area contributed by atoms with Crippen molar-refractivity contribution in [3.63, 3.8) is 0 Å². The molecular weight excluding hydrogens is 249 g/mol. The van der Waals surface area contributed by atoms with Crippen LogP contribution >= 0.6 is 23.2 Å². The topological polar surface area (TPSA) is 38.3 Å². The number of hydrogen-bond acceptors (Lipinski definition) is 2. The maximum Gasteiger partial charge on any atom is 0.254 e. The fraction of sp³-hybridized carbons (Fsp3) is 0.364. The molecule has 86 valence electrons. The molecule has 1 unspecified atom stereocenters. The Labute approximate surface area is 104 Å². The molecule has 1 amide bonds. The van der Waals surface area contributed by atoms with E-state index >= 15 is 0 Å². The maximum atomic E-state index is 11.7. The van der Waals surface area contributed by atoms with Gasteiger partial charge in [-0.25, -0.2) is 5.48 Å². The Balaban J connectivity index is 2.43. The smallest absolute Gasteiger partial charge is 0.254 e. The number of amides is 1. The highest BCUT2D eigenvalue weighted by Gasteiger charge is 2.44. The predicted molar refractivity (Wildman–Crippen MR) is 62.5 cm³/mol. The van der Waals surface area contributed by atoms with Crippen molar-refractivity contribution < 1.29 is 9.63 Å². The second-order valence-electron chi connectivity index (χ2n) is 4.28. The van der Waals surface area contributed by atoms with Crippen LogP contribution in [0.4, 0.5) is 0 Å². The van der Waals surface area contributed by atoms with Gasteiger partial charge in [0.2, 0.25) is 0 Å². The molecular formula is C11H11Cl2NO2. The fourth-order valence-electron chi connectivity index (χ4n) is 1.86. The van der Waals surface area contributed by atoms with Crippen molar-refractivity contribution >= 4 is 29.1 Å². The van der Waals surface area contributed by atoms with Crippen LogP contribution in [0.3, 0.4) is 0 Å². The van der Waals surface area contributed by atoms with Gasteiger partial charge in [-0.3, -0.25) is 9.63 Å². The number of benzene rings is 1. The zero-order valence-electron chi connectivity index (χ0n) is 8.88. The van der Waals surface area contributed by atoms with E-state index < -0.39 is 5.60 Å². The fourth-order valence-corrected chi connectivity index (χ4v) is 2.17. The van der Waals surface area contributed by atoms with Crippen LogP contribution in [0.5, 0.6) is 0 Å². The van der Waals surface area contributed by atoms with Crippen molar-refractivity contribution in [2.24, 2.45) is 0 Å². The van der Waals surface area contributed by atoms with Gasteiger partial charge in [-0.15, -0.1) is 0 Å². The minimum Gasteiger partial charge on any atom is -0.272 e. The van der Waals surface area contributed by atoms with E-state index in [1.165, 1.54) is 0 Å². The zero-order valence-corrected chi connectivity index (χ0v) is 10.4. The average Bonchev–Trinajstić information content (AvgIpc) is 2.46. The first-order valence-electron chi connectivity index (χ1n) is 4.84. The number of nitrogens with one attached hydrogen (secondary N) is 1. The Morgan fingerprint density at radius 1 is 1.31 bits per heavy atom. The van der Waals surface area contributed by atoms with Crippen LogP contribution in [0.15, 0.2) is 18.2 Å². The van der Waals surface area contributed by atoms with Crippen LogP contribution in [0, 0.1) is 0 Å². The van der Waals surface area contributed by atoms with E-state index in [1.54, 1.807) is 18.2 Å². The Morgan fingerprint density at radius 3 is 2.50 bits per heavy atom. The SMILES string of the molecule is CC1(C)ONC(=O)C1c1ccc(Cl)c(Cl)c1. The third kappa shape index (κ3) is 1.90. The van der Waals surface area contributed by atoms with Gasteiger partial charge in [0, 0.05) is 0 Å². The molecule has 0 saturated carbocycles. The highest BCUT2D eigenvalue weighted by molar-refractivity contribution is 6.42. The molecule has 0 aromatic heterocycles. The first kappa shape index (κ1) is 11.7. The molecule has 1 aliphatic rings. The van der Waals surface area contributed by atoms with E-state index in [-0.39, 0.29) is 11.8 Å². The number of rotatable bonds is 1. The summed E-state index contributed by atoms with van der Waals surface area (Å²) in [5.41, 5.74) is 2.59. The minimum atomic E-state index is -0.589. The van der Waals surface area contributed by atoms with Crippen molar-refractivity contribution in [1.82, 2.24) is 5.48 Å². The summed E-state index contributed by atoms with van der Waals surface area (Å²) < 4.78 is 0. The Hall–Kier alpha value is -0.770. The van der Waals surface area contributed by atoms with Crippen molar-refractivity contribution in [2.75, 3.05) is 0 Å². The third-order valence-electron chi connectivity index (χ3n) is 2.65. The van der Waals surface area contributed by atoms with Gasteiger partial charge in [0.25, 0.3) is 5.91 Å². The molecule has 0 radical (unpaired) electrons. The molecule has 0 spiro atoms. The normalized spacial score (nSPS) is 23.2.